The first-order valence-corrected chi connectivity index (χ1v) is 8.77. The molecule has 0 aromatic heterocycles. The highest BCUT2D eigenvalue weighted by molar-refractivity contribution is 6.44. The molecule has 0 amide bonds. The summed E-state index contributed by atoms with van der Waals surface area (Å²) in [7, 11) is 0. The molecule has 1 aromatic carbocycles. The summed E-state index contributed by atoms with van der Waals surface area (Å²) in [5.74, 6) is 0.184. The second-order valence-electron chi connectivity index (χ2n) is 8.66. The van der Waals surface area contributed by atoms with Crippen molar-refractivity contribution in [3.05, 3.63) is 35.5 Å². The summed E-state index contributed by atoms with van der Waals surface area (Å²) in [5.41, 5.74) is 1.64. The highest BCUT2D eigenvalue weighted by Crippen LogP contribution is 2.41. The van der Waals surface area contributed by atoms with Gasteiger partial charge in [0.2, 0.25) is 0 Å². The fourth-order valence-electron chi connectivity index (χ4n) is 2.78. The zero-order valence-corrected chi connectivity index (χ0v) is 16.4. The van der Waals surface area contributed by atoms with E-state index in [2.05, 4.69) is 4.99 Å². The van der Waals surface area contributed by atoms with Crippen molar-refractivity contribution in [2.45, 2.75) is 65.2 Å². The van der Waals surface area contributed by atoms with Crippen molar-refractivity contribution in [1.82, 2.24) is 0 Å². The average molecular weight is 356 g/mol. The van der Waals surface area contributed by atoms with Gasteiger partial charge in [-0.3, -0.25) is 9.79 Å². The van der Waals surface area contributed by atoms with E-state index in [1.165, 1.54) is 0 Å². The molecule has 140 valence electrons. The summed E-state index contributed by atoms with van der Waals surface area (Å²) in [6.07, 6.45) is 3.83. The number of ether oxygens (including phenoxy) is 1. The van der Waals surface area contributed by atoms with Gasteiger partial charge in [0.1, 0.15) is 11.5 Å². The molecule has 1 aliphatic rings. The van der Waals surface area contributed by atoms with Gasteiger partial charge >= 0.3 is 5.97 Å². The van der Waals surface area contributed by atoms with E-state index in [-0.39, 0.29) is 23.0 Å². The maximum Gasteiger partial charge on any atom is 0.317 e. The lowest BCUT2D eigenvalue weighted by Crippen LogP contribution is -2.22. The van der Waals surface area contributed by atoms with Crippen molar-refractivity contribution in [2.75, 3.05) is 0 Å². The fourth-order valence-corrected chi connectivity index (χ4v) is 2.78. The number of hydrogen-bond acceptors (Lipinski definition) is 5. The first kappa shape index (κ1) is 19.9. The molecular formula is C21H28N2O3. The lowest BCUT2D eigenvalue weighted by atomic mass is 9.79. The molecule has 5 nitrogen and oxygen atoms in total. The number of phenols is 1. The number of nitrogens with zero attached hydrogens (tertiary/aromatic N) is 1. The number of carbonyl (C=O) groups excluding carboxylic acids is 1. The van der Waals surface area contributed by atoms with Gasteiger partial charge in [0.05, 0.1) is 17.8 Å². The molecule has 1 aromatic rings. The van der Waals surface area contributed by atoms with Gasteiger partial charge in [0.25, 0.3) is 0 Å². The number of aromatic hydroxyl groups is 1. The number of carbonyl (C=O) groups is 1. The summed E-state index contributed by atoms with van der Waals surface area (Å²) < 4.78 is 5.54. The predicted octanol–water partition coefficient (Wildman–Crippen LogP) is 4.66. The highest BCUT2D eigenvalue weighted by Gasteiger charge is 2.27. The summed E-state index contributed by atoms with van der Waals surface area (Å²) in [6, 6.07) is 3.44. The molecule has 26 heavy (non-hydrogen) atoms. The molecule has 2 rings (SSSR count). The van der Waals surface area contributed by atoms with Crippen LogP contribution in [0.25, 0.3) is 0 Å². The van der Waals surface area contributed by atoms with Crippen LogP contribution in [-0.2, 0) is 15.6 Å². The van der Waals surface area contributed by atoms with Crippen LogP contribution in [-0.4, -0.2) is 22.5 Å². The van der Waals surface area contributed by atoms with Crippen molar-refractivity contribution in [3.63, 3.8) is 0 Å². The number of hydrogen-bond donors (Lipinski definition) is 2. The van der Waals surface area contributed by atoms with Crippen LogP contribution >= 0.6 is 0 Å². The summed E-state index contributed by atoms with van der Waals surface area (Å²) >= 11 is 0. The first-order valence-electron chi connectivity index (χ1n) is 8.77. The molecular weight excluding hydrogens is 328 g/mol. The van der Waals surface area contributed by atoms with Crippen LogP contribution in [0.15, 0.2) is 29.4 Å². The Balaban J connectivity index is 2.34. The Morgan fingerprint density at radius 2 is 1.69 bits per heavy atom. The van der Waals surface area contributed by atoms with E-state index in [0.717, 1.165) is 11.1 Å². The van der Waals surface area contributed by atoms with Crippen LogP contribution in [0, 0.1) is 5.41 Å². The number of nitrogens with one attached hydrogen (secondary N) is 1. The highest BCUT2D eigenvalue weighted by atomic mass is 16.5. The van der Waals surface area contributed by atoms with Gasteiger partial charge in [0.15, 0.2) is 0 Å². The van der Waals surface area contributed by atoms with Gasteiger partial charge in [-0.05, 0) is 23.0 Å². The van der Waals surface area contributed by atoms with Crippen molar-refractivity contribution in [2.24, 2.45) is 4.99 Å². The Labute approximate surface area is 155 Å². The van der Waals surface area contributed by atoms with Crippen LogP contribution < -0.4 is 4.74 Å². The van der Waals surface area contributed by atoms with Crippen LogP contribution in [0.4, 0.5) is 0 Å². The molecule has 1 heterocycles. The lowest BCUT2D eigenvalue weighted by molar-refractivity contribution is -0.133. The minimum Gasteiger partial charge on any atom is -0.507 e. The molecule has 5 heteroatoms. The minimum atomic E-state index is -0.464. The molecule has 0 aliphatic carbocycles. The Hall–Kier alpha value is -2.43. The van der Waals surface area contributed by atoms with Crippen molar-refractivity contribution < 1.29 is 14.6 Å². The first-order chi connectivity index (χ1) is 11.9. The normalized spacial score (nSPS) is 15.0. The largest absolute Gasteiger partial charge is 0.507 e. The zero-order chi connectivity index (χ0) is 19.7. The number of phenolic OH excluding ortho intramolecular Hbond substituents is 1. The van der Waals surface area contributed by atoms with Gasteiger partial charge in [-0.1, -0.05) is 47.6 Å². The van der Waals surface area contributed by atoms with Crippen LogP contribution in [0.3, 0.4) is 0 Å². The maximum atomic E-state index is 12.3. The number of benzene rings is 1. The van der Waals surface area contributed by atoms with Gasteiger partial charge in [-0.15, -0.1) is 0 Å². The quantitative estimate of drug-likeness (QED) is 0.610. The summed E-state index contributed by atoms with van der Waals surface area (Å²) in [4.78, 5) is 16.4. The molecule has 0 bridgehead atoms. The Kier molecular flexibility index (Phi) is 5.40. The van der Waals surface area contributed by atoms with E-state index in [0.29, 0.717) is 23.6 Å². The number of rotatable bonds is 3. The van der Waals surface area contributed by atoms with Crippen LogP contribution in [0.2, 0.25) is 0 Å². The van der Waals surface area contributed by atoms with Gasteiger partial charge in [-0.25, -0.2) is 0 Å². The topological polar surface area (TPSA) is 82.7 Å². The van der Waals surface area contributed by atoms with Gasteiger partial charge < -0.3 is 15.3 Å². The SMILES string of the molecule is CC(C)(C)c1cc(OC(=O)CC2=NC=CCC2=N)cc(C(C)(C)C)c1O. The van der Waals surface area contributed by atoms with Gasteiger partial charge in [0, 0.05) is 23.7 Å². The van der Waals surface area contributed by atoms with Crippen molar-refractivity contribution in [1.29, 1.82) is 5.41 Å². The van der Waals surface area contributed by atoms with Gasteiger partial charge in [-0.2, -0.15) is 0 Å². The van der Waals surface area contributed by atoms with Crippen molar-refractivity contribution >= 4 is 17.4 Å². The molecule has 0 spiro atoms. The number of aliphatic imine (C=N–C) groups is 1. The van der Waals surface area contributed by atoms with E-state index < -0.39 is 5.97 Å². The van der Waals surface area contributed by atoms with Crippen LogP contribution in [0.1, 0.15) is 65.5 Å². The van der Waals surface area contributed by atoms with Crippen LogP contribution in [0.5, 0.6) is 11.5 Å². The van der Waals surface area contributed by atoms with E-state index in [4.69, 9.17) is 10.1 Å². The number of esters is 1. The second-order valence-corrected chi connectivity index (χ2v) is 8.66. The summed E-state index contributed by atoms with van der Waals surface area (Å²) in [5, 5.41) is 18.6. The third-order valence-corrected chi connectivity index (χ3v) is 4.25. The average Bonchev–Trinajstić information content (AvgIpc) is 2.49. The lowest BCUT2D eigenvalue weighted by Gasteiger charge is -2.28. The minimum absolute atomic E-state index is 0.0419. The van der Waals surface area contributed by atoms with Crippen molar-refractivity contribution in [3.8, 4) is 11.5 Å². The van der Waals surface area contributed by atoms with E-state index in [1.807, 2.05) is 41.5 Å². The van der Waals surface area contributed by atoms with E-state index in [9.17, 15) is 9.90 Å². The predicted molar refractivity (Wildman–Crippen MR) is 105 cm³/mol. The third kappa shape index (κ3) is 4.59. The molecule has 0 unspecified atom stereocenters. The maximum absolute atomic E-state index is 12.3. The Morgan fingerprint density at radius 3 is 2.15 bits per heavy atom. The monoisotopic (exact) mass is 356 g/mol. The third-order valence-electron chi connectivity index (χ3n) is 4.25. The summed E-state index contributed by atoms with van der Waals surface area (Å²) in [6.45, 7) is 12.0. The standard InChI is InChI=1S/C21H28N2O3/c1-20(2,3)14-10-13(11-15(19(14)25)21(4,5)6)26-18(24)12-17-16(22)8-7-9-23-17/h7,9-11,22,25H,8,12H2,1-6H3. The number of allylic oxidation sites excluding steroid dienone is 1. The molecule has 2 N–H and O–H groups in total. The van der Waals surface area contributed by atoms with E-state index >= 15 is 0 Å². The van der Waals surface area contributed by atoms with E-state index in [1.54, 1.807) is 24.4 Å². The second kappa shape index (κ2) is 7.06. The molecule has 0 saturated carbocycles. The smallest absolute Gasteiger partial charge is 0.317 e. The molecule has 0 saturated heterocycles. The fraction of sp³-hybridized carbons (Fsp3) is 0.476. The Morgan fingerprint density at radius 1 is 1.15 bits per heavy atom. The zero-order valence-electron chi connectivity index (χ0n) is 16.4. The molecule has 0 fully saturated rings. The Bertz CT molecular complexity index is 755. The molecule has 0 radical (unpaired) electrons. The molecule has 0 atom stereocenters. The molecule has 1 aliphatic heterocycles.